The topological polar surface area (TPSA) is 0 Å². The molecule has 4 aromatic rings. The van der Waals surface area contributed by atoms with Gasteiger partial charge in [0.25, 0.3) is 0 Å². The van der Waals surface area contributed by atoms with Crippen LogP contribution in [0.5, 0.6) is 0 Å². The van der Waals surface area contributed by atoms with Crippen LogP contribution in [0.4, 0.5) is 0 Å². The van der Waals surface area contributed by atoms with Gasteiger partial charge in [0.2, 0.25) is 0 Å². The van der Waals surface area contributed by atoms with E-state index >= 15 is 0 Å². The molecule has 0 heterocycles. The van der Waals surface area contributed by atoms with Gasteiger partial charge in [0.05, 0.1) is 0 Å². The molecule has 0 saturated heterocycles. The van der Waals surface area contributed by atoms with Gasteiger partial charge in [0.1, 0.15) is 0 Å². The minimum absolute atomic E-state index is 0. The first-order valence-corrected chi connectivity index (χ1v) is 8.99. The molecule has 0 aliphatic carbocycles. The van der Waals surface area contributed by atoms with E-state index in [9.17, 15) is 0 Å². The van der Waals surface area contributed by atoms with Crippen LogP contribution >= 0.6 is 0 Å². The van der Waals surface area contributed by atoms with Gasteiger partial charge in [-0.15, -0.1) is 0 Å². The van der Waals surface area contributed by atoms with Crippen molar-refractivity contribution in [1.29, 1.82) is 0 Å². The zero-order valence-electron chi connectivity index (χ0n) is 18.4. The van der Waals surface area contributed by atoms with Crippen molar-refractivity contribution in [2.24, 2.45) is 0 Å². The van der Waals surface area contributed by atoms with Gasteiger partial charge in [-0.25, -0.2) is 47.5 Å². The summed E-state index contributed by atoms with van der Waals surface area (Å²) in [6, 6.07) is 36.5. The molecule has 0 nitrogen and oxygen atoms in total. The predicted molar refractivity (Wildman–Crippen MR) is 123 cm³/mol. The van der Waals surface area contributed by atoms with Crippen LogP contribution in [-0.4, -0.2) is 0 Å². The van der Waals surface area contributed by atoms with Crippen molar-refractivity contribution in [2.75, 3.05) is 0 Å². The SMILES string of the molecule is Cc1cc[cH-]c1.Cc1cc[cH-]c1.[C-]#CC.[C-]#CC.[Zr+3].[Zr+3].c1cc[cH-]c1.c1cc[cH-]c1. The van der Waals surface area contributed by atoms with E-state index in [0.29, 0.717) is 0 Å². The Morgan fingerprint density at radius 1 is 0.567 bits per heavy atom. The minimum atomic E-state index is 0. The zero-order chi connectivity index (χ0) is 21.3. The summed E-state index contributed by atoms with van der Waals surface area (Å²) in [5, 5.41) is 0. The molecule has 0 bridgehead atoms. The first kappa shape index (κ1) is 35.7. The molecular weight excluding hydrogens is 519 g/mol. The van der Waals surface area contributed by atoms with Gasteiger partial charge in [-0.2, -0.15) is 72.8 Å². The second-order valence-corrected chi connectivity index (χ2v) is 5.35. The fraction of sp³-hybridized carbons (Fsp3) is 0.143. The predicted octanol–water partition coefficient (Wildman–Crippen LogP) is 7.43. The van der Waals surface area contributed by atoms with E-state index in [1.807, 2.05) is 96.8 Å². The summed E-state index contributed by atoms with van der Waals surface area (Å²) in [7, 11) is 0. The van der Waals surface area contributed by atoms with E-state index in [1.54, 1.807) is 13.8 Å². The molecule has 4 rings (SSSR count). The number of rotatable bonds is 0. The van der Waals surface area contributed by atoms with E-state index in [0.717, 1.165) is 0 Å². The second-order valence-electron chi connectivity index (χ2n) is 5.35. The van der Waals surface area contributed by atoms with Crippen LogP contribution in [0, 0.1) is 38.5 Å². The normalized spacial score (nSPS) is 6.73. The third-order valence-corrected chi connectivity index (χ3v) is 2.77. The first-order valence-electron chi connectivity index (χ1n) is 8.99. The Morgan fingerprint density at radius 2 is 0.833 bits per heavy atom. The van der Waals surface area contributed by atoms with Crippen LogP contribution in [0.2, 0.25) is 0 Å². The Kier molecular flexibility index (Phi) is 38.0. The summed E-state index contributed by atoms with van der Waals surface area (Å²) in [5.74, 6) is 4.00. The molecule has 2 radical (unpaired) electrons. The largest absolute Gasteiger partial charge is 3.00 e. The van der Waals surface area contributed by atoms with Gasteiger partial charge in [0.15, 0.2) is 0 Å². The summed E-state index contributed by atoms with van der Waals surface area (Å²) >= 11 is 0. The van der Waals surface area contributed by atoms with E-state index in [1.165, 1.54) is 11.1 Å². The summed E-state index contributed by atoms with van der Waals surface area (Å²) in [6.45, 7) is 7.25. The Balaban J connectivity index is -0.000000136. The van der Waals surface area contributed by atoms with Crippen molar-refractivity contribution in [2.45, 2.75) is 27.7 Å². The standard InChI is InChI=1S/2C6H7.2C5H5.2C3H3.2Zr/c2*1-6-4-2-3-5-6;2*1-2-4-5-3-1;2*1-3-2;;/h2*2-5H,1H3;2*1-5H;2*1H3;;/q6*-1;2*+3. The Bertz CT molecular complexity index is 653. The van der Waals surface area contributed by atoms with Gasteiger partial charge in [-0.05, 0) is 13.8 Å². The van der Waals surface area contributed by atoms with Gasteiger partial charge in [-0.1, -0.05) is 13.8 Å². The number of hydrogen-bond acceptors (Lipinski definition) is 0. The summed E-state index contributed by atoms with van der Waals surface area (Å²) in [5.41, 5.74) is 2.69. The van der Waals surface area contributed by atoms with Crippen LogP contribution in [0.3, 0.4) is 0 Å². The van der Waals surface area contributed by atoms with Crippen molar-refractivity contribution in [1.82, 2.24) is 0 Å². The van der Waals surface area contributed by atoms with Crippen molar-refractivity contribution >= 4 is 0 Å². The molecular formula is C28H30Zr2. The van der Waals surface area contributed by atoms with Crippen molar-refractivity contribution in [3.05, 3.63) is 133 Å². The third-order valence-electron chi connectivity index (χ3n) is 2.77. The monoisotopic (exact) mass is 546 g/mol. The molecule has 4 aromatic carbocycles. The summed E-state index contributed by atoms with van der Waals surface area (Å²) in [4.78, 5) is 0. The van der Waals surface area contributed by atoms with E-state index in [-0.39, 0.29) is 52.4 Å². The molecule has 0 aliphatic heterocycles. The molecule has 150 valence electrons. The van der Waals surface area contributed by atoms with Crippen molar-refractivity contribution in [3.63, 3.8) is 0 Å². The average molecular weight is 549 g/mol. The second kappa shape index (κ2) is 32.0. The summed E-state index contributed by atoms with van der Waals surface area (Å²) < 4.78 is 0. The van der Waals surface area contributed by atoms with Crippen LogP contribution in [0.25, 0.3) is 0 Å². The first-order chi connectivity index (χ1) is 13.6. The van der Waals surface area contributed by atoms with Gasteiger partial charge in [0, 0.05) is 0 Å². The molecule has 0 saturated carbocycles. The molecule has 0 spiro atoms. The zero-order valence-corrected chi connectivity index (χ0v) is 23.3. The third kappa shape index (κ3) is 33.8. The fourth-order valence-corrected chi connectivity index (χ4v) is 1.58. The van der Waals surface area contributed by atoms with Gasteiger partial charge in [-0.3, -0.25) is 0 Å². The molecule has 0 unspecified atom stereocenters. The number of aryl methyl sites for hydroxylation is 2. The Labute approximate surface area is 223 Å². The summed E-state index contributed by atoms with van der Waals surface area (Å²) in [6.07, 6.45) is 11.9. The Morgan fingerprint density at radius 3 is 0.900 bits per heavy atom. The maximum atomic E-state index is 5.96. The van der Waals surface area contributed by atoms with Crippen LogP contribution in [0.1, 0.15) is 25.0 Å². The molecule has 30 heavy (non-hydrogen) atoms. The molecule has 0 atom stereocenters. The van der Waals surface area contributed by atoms with E-state index in [2.05, 4.69) is 38.1 Å². The fourth-order valence-electron chi connectivity index (χ4n) is 1.58. The maximum Gasteiger partial charge on any atom is 3.00 e. The maximum absolute atomic E-state index is 5.96. The average Bonchev–Trinajstić information content (AvgIpc) is 3.47. The van der Waals surface area contributed by atoms with Gasteiger partial charge >= 0.3 is 52.4 Å². The van der Waals surface area contributed by atoms with Gasteiger partial charge < -0.3 is 24.7 Å². The van der Waals surface area contributed by atoms with Crippen molar-refractivity contribution < 1.29 is 52.4 Å². The smallest absolute Gasteiger partial charge is 0.694 e. The van der Waals surface area contributed by atoms with Crippen LogP contribution < -0.4 is 0 Å². The van der Waals surface area contributed by atoms with E-state index < -0.39 is 0 Å². The molecule has 0 aromatic heterocycles. The van der Waals surface area contributed by atoms with Crippen LogP contribution in [0.15, 0.2) is 109 Å². The van der Waals surface area contributed by atoms with Crippen molar-refractivity contribution in [3.8, 4) is 11.8 Å². The quantitative estimate of drug-likeness (QED) is 0.158. The number of hydrogen-bond donors (Lipinski definition) is 0. The molecule has 0 aliphatic rings. The Hall–Kier alpha value is -1.71. The van der Waals surface area contributed by atoms with Crippen LogP contribution in [-0.2, 0) is 52.4 Å². The molecule has 0 fully saturated rings. The van der Waals surface area contributed by atoms with E-state index in [4.69, 9.17) is 12.8 Å². The molecule has 0 N–H and O–H groups in total. The molecule has 0 amide bonds. The molecule has 2 heteroatoms. The minimum Gasteiger partial charge on any atom is -0.694 e.